The number of nitrogens with one attached hydrogen (secondary N) is 2. The molecule has 2 amide bonds. The minimum Gasteiger partial charge on any atom is -0.481 e. The maximum atomic E-state index is 13.0. The van der Waals surface area contributed by atoms with E-state index in [0.717, 1.165) is 22.3 Å². The summed E-state index contributed by atoms with van der Waals surface area (Å²) in [5.41, 5.74) is 3.63. The number of alkyl halides is 2. The Morgan fingerprint density at radius 3 is 2.12 bits per heavy atom. The van der Waals surface area contributed by atoms with Crippen LogP contribution in [0.4, 0.5) is 13.6 Å². The molecule has 0 saturated heterocycles. The normalized spacial score (nSPS) is 13.7. The van der Waals surface area contributed by atoms with Gasteiger partial charge in [0.05, 0.1) is 6.42 Å². The van der Waals surface area contributed by atoms with Crippen molar-refractivity contribution >= 4 is 18.0 Å². The first-order chi connectivity index (χ1) is 16.1. The lowest BCUT2D eigenvalue weighted by Gasteiger charge is -2.26. The second-order valence-electron chi connectivity index (χ2n) is 9.13. The number of carboxylic acids is 1. The fourth-order valence-corrected chi connectivity index (χ4v) is 4.11. The summed E-state index contributed by atoms with van der Waals surface area (Å²) in [6, 6.07) is 14.2. The third-order valence-electron chi connectivity index (χ3n) is 5.74. The van der Waals surface area contributed by atoms with Crippen molar-refractivity contribution in [3.8, 4) is 11.1 Å². The Bertz CT molecular complexity index is 1010. The van der Waals surface area contributed by atoms with E-state index in [1.54, 1.807) is 13.8 Å². The molecule has 0 saturated carbocycles. The van der Waals surface area contributed by atoms with Gasteiger partial charge in [-0.25, -0.2) is 13.6 Å². The second-order valence-corrected chi connectivity index (χ2v) is 9.13. The molecule has 0 fully saturated rings. The van der Waals surface area contributed by atoms with Crippen molar-refractivity contribution in [1.29, 1.82) is 0 Å². The lowest BCUT2D eigenvalue weighted by Crippen LogP contribution is -2.44. The van der Waals surface area contributed by atoms with Crippen molar-refractivity contribution in [1.82, 2.24) is 10.6 Å². The molecule has 0 spiro atoms. The lowest BCUT2D eigenvalue weighted by molar-refractivity contribution is -0.139. The van der Waals surface area contributed by atoms with Crippen LogP contribution in [0.25, 0.3) is 11.1 Å². The minimum absolute atomic E-state index is 0.0649. The Balaban J connectivity index is 1.51. The van der Waals surface area contributed by atoms with Crippen LogP contribution in [0.3, 0.4) is 0 Å². The predicted octanol–water partition coefficient (Wildman–Crippen LogP) is 4.17. The van der Waals surface area contributed by atoms with E-state index in [2.05, 4.69) is 10.6 Å². The molecule has 9 heteroatoms. The largest absolute Gasteiger partial charge is 0.481 e. The molecule has 0 aromatic heterocycles. The third kappa shape index (κ3) is 6.30. The molecule has 7 nitrogen and oxygen atoms in total. The molecule has 1 aliphatic rings. The quantitative estimate of drug-likeness (QED) is 0.480. The molecule has 34 heavy (non-hydrogen) atoms. The van der Waals surface area contributed by atoms with E-state index in [1.807, 2.05) is 48.5 Å². The van der Waals surface area contributed by atoms with Crippen molar-refractivity contribution in [2.24, 2.45) is 5.41 Å². The van der Waals surface area contributed by atoms with Crippen molar-refractivity contribution in [3.05, 3.63) is 59.7 Å². The number of carbonyl (C=O) groups excluding carboxylic acids is 2. The number of alkyl carbamates (subject to hydrolysis) is 1. The van der Waals surface area contributed by atoms with Crippen molar-refractivity contribution in [2.75, 3.05) is 13.2 Å². The summed E-state index contributed by atoms with van der Waals surface area (Å²) in [6.45, 7) is 3.58. The smallest absolute Gasteiger partial charge is 0.407 e. The van der Waals surface area contributed by atoms with E-state index in [0.29, 0.717) is 0 Å². The van der Waals surface area contributed by atoms with Crippen LogP contribution in [0.1, 0.15) is 43.7 Å². The van der Waals surface area contributed by atoms with Gasteiger partial charge in [-0.15, -0.1) is 0 Å². The average molecular weight is 475 g/mol. The van der Waals surface area contributed by atoms with Crippen molar-refractivity contribution in [3.63, 3.8) is 0 Å². The fourth-order valence-electron chi connectivity index (χ4n) is 4.11. The lowest BCUT2D eigenvalue weighted by atomic mass is 9.88. The Labute approximate surface area is 196 Å². The zero-order valence-corrected chi connectivity index (χ0v) is 19.0. The van der Waals surface area contributed by atoms with Gasteiger partial charge in [0.2, 0.25) is 5.91 Å². The molecular formula is C25H28F2N2O5. The highest BCUT2D eigenvalue weighted by molar-refractivity contribution is 5.79. The Morgan fingerprint density at radius 1 is 1.03 bits per heavy atom. The third-order valence-corrected chi connectivity index (χ3v) is 5.74. The number of amides is 2. The number of hydrogen-bond donors (Lipinski definition) is 3. The monoisotopic (exact) mass is 474 g/mol. The first-order valence-corrected chi connectivity index (χ1v) is 11.0. The van der Waals surface area contributed by atoms with Gasteiger partial charge in [0.1, 0.15) is 12.6 Å². The standard InChI is InChI=1S/C25H28F2N2O5/c1-25(2,12-21(30)29-20(23(26)27)11-22(31)32)14-28-24(33)34-13-19-17-9-5-3-7-15(17)16-8-4-6-10-18(16)19/h3-10,19-20,23H,11-14H2,1-2H3,(H,28,33)(H,29,30)(H,31,32). The molecule has 0 bridgehead atoms. The molecule has 0 aliphatic heterocycles. The number of hydrogen-bond acceptors (Lipinski definition) is 4. The Morgan fingerprint density at radius 2 is 1.59 bits per heavy atom. The van der Waals surface area contributed by atoms with Crippen LogP contribution in [0.15, 0.2) is 48.5 Å². The number of fused-ring (bicyclic) bond motifs is 3. The van der Waals surface area contributed by atoms with E-state index in [-0.39, 0.29) is 25.5 Å². The number of rotatable bonds is 10. The number of aliphatic carboxylic acids is 1. The van der Waals surface area contributed by atoms with Crippen LogP contribution in [-0.2, 0) is 14.3 Å². The summed E-state index contributed by atoms with van der Waals surface area (Å²) in [5, 5.41) is 13.4. The number of carbonyl (C=O) groups is 3. The first kappa shape index (κ1) is 25.1. The molecule has 0 heterocycles. The summed E-state index contributed by atoms with van der Waals surface area (Å²) in [7, 11) is 0. The molecule has 0 radical (unpaired) electrons. The highest BCUT2D eigenvalue weighted by Crippen LogP contribution is 2.44. The van der Waals surface area contributed by atoms with Crippen molar-refractivity contribution in [2.45, 2.75) is 45.1 Å². The Hall–Kier alpha value is -3.49. The van der Waals surface area contributed by atoms with Gasteiger partial charge in [0, 0.05) is 18.9 Å². The fraction of sp³-hybridized carbons (Fsp3) is 0.400. The van der Waals surface area contributed by atoms with E-state index in [4.69, 9.17) is 9.84 Å². The van der Waals surface area contributed by atoms with E-state index >= 15 is 0 Å². The van der Waals surface area contributed by atoms with Gasteiger partial charge in [0.25, 0.3) is 6.43 Å². The molecule has 1 unspecified atom stereocenters. The van der Waals surface area contributed by atoms with Crippen LogP contribution in [0.2, 0.25) is 0 Å². The Kier molecular flexibility index (Phi) is 7.86. The summed E-state index contributed by atoms with van der Waals surface area (Å²) < 4.78 is 31.4. The summed E-state index contributed by atoms with van der Waals surface area (Å²) >= 11 is 0. The summed E-state index contributed by atoms with van der Waals surface area (Å²) in [5.74, 6) is -2.23. The molecule has 3 rings (SSSR count). The predicted molar refractivity (Wildman–Crippen MR) is 122 cm³/mol. The van der Waals surface area contributed by atoms with Crippen LogP contribution in [0.5, 0.6) is 0 Å². The molecule has 182 valence electrons. The number of carboxylic acid groups (broad SMARTS) is 1. The highest BCUT2D eigenvalue weighted by Gasteiger charge is 2.31. The van der Waals surface area contributed by atoms with Gasteiger partial charge in [-0.1, -0.05) is 62.4 Å². The summed E-state index contributed by atoms with van der Waals surface area (Å²) in [4.78, 5) is 35.2. The molecule has 2 aromatic rings. The number of ether oxygens (including phenoxy) is 1. The van der Waals surface area contributed by atoms with Gasteiger partial charge in [-0.3, -0.25) is 9.59 Å². The number of benzene rings is 2. The van der Waals surface area contributed by atoms with E-state index < -0.39 is 42.3 Å². The average Bonchev–Trinajstić information content (AvgIpc) is 3.09. The second kappa shape index (κ2) is 10.6. The number of halogens is 2. The van der Waals surface area contributed by atoms with Crippen LogP contribution in [0, 0.1) is 5.41 Å². The van der Waals surface area contributed by atoms with Gasteiger partial charge in [-0.05, 0) is 27.7 Å². The SMILES string of the molecule is CC(C)(CNC(=O)OCC1c2ccccc2-c2ccccc21)CC(=O)NC(CC(=O)O)C(F)F. The van der Waals surface area contributed by atoms with Gasteiger partial charge >= 0.3 is 12.1 Å². The van der Waals surface area contributed by atoms with Crippen LogP contribution < -0.4 is 10.6 Å². The highest BCUT2D eigenvalue weighted by atomic mass is 19.3. The summed E-state index contributed by atoms with van der Waals surface area (Å²) in [6.07, 6.45) is -4.70. The van der Waals surface area contributed by atoms with Crippen LogP contribution >= 0.6 is 0 Å². The molecular weight excluding hydrogens is 446 g/mol. The molecule has 1 aliphatic carbocycles. The molecule has 2 aromatic carbocycles. The van der Waals surface area contributed by atoms with Gasteiger partial charge < -0.3 is 20.5 Å². The maximum Gasteiger partial charge on any atom is 0.407 e. The molecule has 3 N–H and O–H groups in total. The van der Waals surface area contributed by atoms with Gasteiger partial charge in [0.15, 0.2) is 0 Å². The zero-order chi connectivity index (χ0) is 24.9. The van der Waals surface area contributed by atoms with Gasteiger partial charge in [-0.2, -0.15) is 0 Å². The zero-order valence-electron chi connectivity index (χ0n) is 19.0. The van der Waals surface area contributed by atoms with Crippen molar-refractivity contribution < 1.29 is 33.0 Å². The first-order valence-electron chi connectivity index (χ1n) is 11.0. The maximum absolute atomic E-state index is 13.0. The molecule has 1 atom stereocenters. The van der Waals surface area contributed by atoms with Crippen LogP contribution in [-0.4, -0.2) is 48.7 Å². The topological polar surface area (TPSA) is 105 Å². The minimum atomic E-state index is -3.00. The van der Waals surface area contributed by atoms with E-state index in [9.17, 15) is 23.2 Å². The van der Waals surface area contributed by atoms with E-state index in [1.165, 1.54) is 0 Å².